The van der Waals surface area contributed by atoms with E-state index >= 15 is 0 Å². The molecule has 26 heavy (non-hydrogen) atoms. The molecule has 2 atom stereocenters. The van der Waals surface area contributed by atoms with Crippen LogP contribution < -0.4 is 4.90 Å². The summed E-state index contributed by atoms with van der Waals surface area (Å²) in [5.74, 6) is 3.09. The minimum absolute atomic E-state index is 0.694. The molecule has 7 heteroatoms. The van der Waals surface area contributed by atoms with Crippen LogP contribution in [0.5, 0.6) is 0 Å². The van der Waals surface area contributed by atoms with E-state index in [1.165, 1.54) is 25.0 Å². The number of hydrogen-bond donors (Lipinski definition) is 0. The second-order valence-electron chi connectivity index (χ2n) is 7.19. The largest absolute Gasteiger partial charge is 0.354 e. The predicted molar refractivity (Wildman–Crippen MR) is 97.9 cm³/mol. The summed E-state index contributed by atoms with van der Waals surface area (Å²) >= 11 is 0. The molecule has 1 aromatic carbocycles. The van der Waals surface area contributed by atoms with Crippen LogP contribution in [0, 0.1) is 11.8 Å². The Kier molecular flexibility index (Phi) is 3.86. The van der Waals surface area contributed by atoms with E-state index < -0.39 is 0 Å². The predicted octanol–water partition coefficient (Wildman–Crippen LogP) is 1.63. The Bertz CT molecular complexity index is 833. The molecule has 0 N–H and O–H groups in total. The van der Waals surface area contributed by atoms with E-state index in [1.54, 1.807) is 11.0 Å². The van der Waals surface area contributed by atoms with Crippen molar-refractivity contribution in [3.8, 4) is 5.82 Å². The van der Waals surface area contributed by atoms with Gasteiger partial charge in [0.05, 0.1) is 0 Å². The van der Waals surface area contributed by atoms with Crippen molar-refractivity contribution in [2.75, 3.05) is 31.1 Å². The summed E-state index contributed by atoms with van der Waals surface area (Å²) < 4.78 is 1.62. The molecule has 2 aliphatic rings. The van der Waals surface area contributed by atoms with Gasteiger partial charge in [0.15, 0.2) is 11.6 Å². The zero-order valence-corrected chi connectivity index (χ0v) is 14.5. The lowest BCUT2D eigenvalue weighted by Crippen LogP contribution is -2.29. The van der Waals surface area contributed by atoms with E-state index in [2.05, 4.69) is 60.4 Å². The average molecular weight is 347 g/mol. The van der Waals surface area contributed by atoms with Gasteiger partial charge in [-0.2, -0.15) is 5.10 Å². The van der Waals surface area contributed by atoms with Crippen LogP contribution in [0.3, 0.4) is 0 Å². The fourth-order valence-electron chi connectivity index (χ4n) is 4.18. The number of hydrogen-bond acceptors (Lipinski definition) is 6. The summed E-state index contributed by atoms with van der Waals surface area (Å²) in [7, 11) is 0. The SMILES string of the molecule is c1ccc(CN2C[C@@H]3CN(c4ccc(-n5cncn5)nn4)C[C@@H]3C2)cc1. The van der Waals surface area contributed by atoms with Gasteiger partial charge in [0.25, 0.3) is 0 Å². The molecule has 0 radical (unpaired) electrons. The van der Waals surface area contributed by atoms with Gasteiger partial charge in [-0.25, -0.2) is 9.67 Å². The summed E-state index contributed by atoms with van der Waals surface area (Å²) in [6, 6.07) is 14.7. The first-order chi connectivity index (χ1) is 12.8. The number of aromatic nitrogens is 5. The monoisotopic (exact) mass is 347 g/mol. The maximum Gasteiger partial charge on any atom is 0.177 e. The van der Waals surface area contributed by atoms with Crippen molar-refractivity contribution in [3.05, 3.63) is 60.7 Å². The van der Waals surface area contributed by atoms with E-state index in [4.69, 9.17) is 0 Å². The fourth-order valence-corrected chi connectivity index (χ4v) is 4.18. The molecular formula is C19H21N7. The van der Waals surface area contributed by atoms with Gasteiger partial charge in [0.1, 0.15) is 12.7 Å². The molecule has 5 rings (SSSR count). The van der Waals surface area contributed by atoms with Crippen LogP contribution in [0.15, 0.2) is 55.1 Å². The lowest BCUT2D eigenvalue weighted by molar-refractivity contribution is 0.309. The molecule has 7 nitrogen and oxygen atoms in total. The molecule has 3 aromatic rings. The Balaban J connectivity index is 1.21. The lowest BCUT2D eigenvalue weighted by Gasteiger charge is -2.22. The summed E-state index contributed by atoms with van der Waals surface area (Å²) in [4.78, 5) is 8.90. The number of nitrogens with zero attached hydrogens (tertiary/aromatic N) is 7. The summed E-state index contributed by atoms with van der Waals surface area (Å²) in [5.41, 5.74) is 1.40. The van der Waals surface area contributed by atoms with Gasteiger partial charge in [-0.15, -0.1) is 10.2 Å². The zero-order valence-electron chi connectivity index (χ0n) is 14.5. The Morgan fingerprint density at radius 1 is 0.846 bits per heavy atom. The number of benzene rings is 1. The Labute approximate surface area is 152 Å². The van der Waals surface area contributed by atoms with Crippen LogP contribution in [-0.2, 0) is 6.54 Å². The third kappa shape index (κ3) is 2.94. The van der Waals surface area contributed by atoms with Crippen molar-refractivity contribution in [2.45, 2.75) is 6.54 Å². The Morgan fingerprint density at radius 3 is 2.23 bits per heavy atom. The first kappa shape index (κ1) is 15.5. The fraction of sp³-hybridized carbons (Fsp3) is 0.368. The molecule has 2 fully saturated rings. The molecule has 4 heterocycles. The van der Waals surface area contributed by atoms with Crippen molar-refractivity contribution in [3.63, 3.8) is 0 Å². The molecule has 2 saturated heterocycles. The maximum atomic E-state index is 4.40. The smallest absolute Gasteiger partial charge is 0.177 e. The number of fused-ring (bicyclic) bond motifs is 1. The van der Waals surface area contributed by atoms with Crippen LogP contribution in [0.2, 0.25) is 0 Å². The maximum absolute atomic E-state index is 4.40. The molecule has 0 bridgehead atoms. The highest BCUT2D eigenvalue weighted by Crippen LogP contribution is 2.33. The molecular weight excluding hydrogens is 326 g/mol. The van der Waals surface area contributed by atoms with Crippen LogP contribution in [0.4, 0.5) is 5.82 Å². The third-order valence-electron chi connectivity index (χ3n) is 5.42. The standard InChI is InChI=1S/C19H21N7/c1-2-4-15(5-3-1)8-24-9-16-11-25(12-17(16)10-24)18-6-7-19(23-22-18)26-14-20-13-21-26/h1-7,13-14,16-17H,8-12H2/t16-,17+. The number of rotatable bonds is 4. The average Bonchev–Trinajstić information content (AvgIpc) is 3.39. The molecule has 2 aliphatic heterocycles. The van der Waals surface area contributed by atoms with Gasteiger partial charge in [-0.3, -0.25) is 4.90 Å². The van der Waals surface area contributed by atoms with Gasteiger partial charge in [-0.05, 0) is 29.5 Å². The van der Waals surface area contributed by atoms with E-state index in [-0.39, 0.29) is 0 Å². The molecule has 0 amide bonds. The zero-order chi connectivity index (χ0) is 17.3. The van der Waals surface area contributed by atoms with Gasteiger partial charge in [0.2, 0.25) is 0 Å². The quantitative estimate of drug-likeness (QED) is 0.715. The van der Waals surface area contributed by atoms with Crippen molar-refractivity contribution in [2.24, 2.45) is 11.8 Å². The summed E-state index contributed by atoms with van der Waals surface area (Å²) in [6.45, 7) is 5.52. The van der Waals surface area contributed by atoms with Crippen LogP contribution in [0.1, 0.15) is 5.56 Å². The molecule has 2 aromatic heterocycles. The Morgan fingerprint density at radius 2 is 1.58 bits per heavy atom. The van der Waals surface area contributed by atoms with Gasteiger partial charge >= 0.3 is 0 Å². The highest BCUT2D eigenvalue weighted by Gasteiger charge is 2.40. The number of likely N-dealkylation sites (tertiary alicyclic amines) is 1. The minimum Gasteiger partial charge on any atom is -0.354 e. The first-order valence-corrected chi connectivity index (χ1v) is 9.05. The molecule has 132 valence electrons. The Hall–Kier alpha value is -2.80. The van der Waals surface area contributed by atoms with E-state index in [0.29, 0.717) is 5.82 Å². The third-order valence-corrected chi connectivity index (χ3v) is 5.42. The normalized spacial score (nSPS) is 22.7. The van der Waals surface area contributed by atoms with Crippen molar-refractivity contribution in [1.29, 1.82) is 0 Å². The van der Waals surface area contributed by atoms with Crippen molar-refractivity contribution < 1.29 is 0 Å². The first-order valence-electron chi connectivity index (χ1n) is 9.05. The topological polar surface area (TPSA) is 63.0 Å². The van der Waals surface area contributed by atoms with Crippen molar-refractivity contribution >= 4 is 5.82 Å². The van der Waals surface area contributed by atoms with E-state index in [0.717, 1.165) is 37.3 Å². The second-order valence-corrected chi connectivity index (χ2v) is 7.19. The van der Waals surface area contributed by atoms with Gasteiger partial charge < -0.3 is 4.90 Å². The van der Waals surface area contributed by atoms with Crippen LogP contribution in [-0.4, -0.2) is 56.0 Å². The highest BCUT2D eigenvalue weighted by atomic mass is 15.4. The molecule has 0 unspecified atom stereocenters. The lowest BCUT2D eigenvalue weighted by atomic mass is 10.0. The highest BCUT2D eigenvalue weighted by molar-refractivity contribution is 5.41. The van der Waals surface area contributed by atoms with E-state index in [1.807, 2.05) is 12.1 Å². The van der Waals surface area contributed by atoms with Crippen LogP contribution >= 0.6 is 0 Å². The summed E-state index contributed by atoms with van der Waals surface area (Å²) in [5, 5.41) is 12.8. The molecule has 0 saturated carbocycles. The van der Waals surface area contributed by atoms with Gasteiger partial charge in [-0.1, -0.05) is 30.3 Å². The number of anilines is 1. The van der Waals surface area contributed by atoms with Crippen LogP contribution in [0.25, 0.3) is 5.82 Å². The second kappa shape index (κ2) is 6.49. The van der Waals surface area contributed by atoms with Gasteiger partial charge in [0, 0.05) is 32.7 Å². The van der Waals surface area contributed by atoms with E-state index in [9.17, 15) is 0 Å². The molecule has 0 aliphatic carbocycles. The van der Waals surface area contributed by atoms with Crippen molar-refractivity contribution in [1.82, 2.24) is 29.9 Å². The summed E-state index contributed by atoms with van der Waals surface area (Å²) in [6.07, 6.45) is 3.13. The minimum atomic E-state index is 0.694. The molecule has 0 spiro atoms.